The molecule has 0 saturated heterocycles. The maximum Gasteiger partial charge on any atom is 0.350 e. The van der Waals surface area contributed by atoms with Crippen molar-refractivity contribution in [1.82, 2.24) is 5.32 Å². The van der Waals surface area contributed by atoms with Crippen LogP contribution in [0, 0.1) is 6.92 Å². The second-order valence-electron chi connectivity index (χ2n) is 3.84. The molecule has 0 saturated carbocycles. The quantitative estimate of drug-likeness (QED) is 0.624. The minimum atomic E-state index is -0.426. The summed E-state index contributed by atoms with van der Waals surface area (Å²) in [5, 5.41) is 7.57. The maximum atomic E-state index is 11.7. The van der Waals surface area contributed by atoms with Gasteiger partial charge in [0.05, 0.1) is 19.3 Å². The Hall–Kier alpha value is -1.11. The van der Waals surface area contributed by atoms with Gasteiger partial charge in [0.1, 0.15) is 4.88 Å². The average Bonchev–Trinajstić information content (AvgIpc) is 2.71. The molecule has 1 amide bonds. The number of thiophene rings is 1. The predicted octanol–water partition coefficient (Wildman–Crippen LogP) is 2.20. The first-order valence-electron chi connectivity index (χ1n) is 5.77. The normalized spacial score (nSPS) is 9.63. The van der Waals surface area contributed by atoms with Crippen LogP contribution >= 0.6 is 23.7 Å². The Labute approximate surface area is 123 Å². The molecule has 2 N–H and O–H groups in total. The number of methoxy groups -OCH3 is 1. The Bertz CT molecular complexity index is 435. The molecule has 0 aromatic carbocycles. The summed E-state index contributed by atoms with van der Waals surface area (Å²) >= 11 is 1.27. The van der Waals surface area contributed by atoms with Crippen molar-refractivity contribution < 1.29 is 14.3 Å². The van der Waals surface area contributed by atoms with E-state index in [1.54, 1.807) is 0 Å². The van der Waals surface area contributed by atoms with E-state index in [0.29, 0.717) is 10.6 Å². The van der Waals surface area contributed by atoms with E-state index in [0.717, 1.165) is 18.5 Å². The zero-order valence-corrected chi connectivity index (χ0v) is 12.9. The van der Waals surface area contributed by atoms with Gasteiger partial charge in [0.2, 0.25) is 5.91 Å². The van der Waals surface area contributed by atoms with Gasteiger partial charge in [0.15, 0.2) is 0 Å². The van der Waals surface area contributed by atoms with Crippen molar-refractivity contribution in [2.45, 2.75) is 20.3 Å². The molecule has 0 bridgehead atoms. The molecule has 0 radical (unpaired) electrons. The Morgan fingerprint density at radius 2 is 2.11 bits per heavy atom. The van der Waals surface area contributed by atoms with Crippen molar-refractivity contribution >= 4 is 41.3 Å². The van der Waals surface area contributed by atoms with Gasteiger partial charge in [-0.3, -0.25) is 4.79 Å². The van der Waals surface area contributed by atoms with E-state index in [1.165, 1.54) is 18.4 Å². The van der Waals surface area contributed by atoms with Crippen molar-refractivity contribution in [1.29, 1.82) is 0 Å². The van der Waals surface area contributed by atoms with Gasteiger partial charge in [0, 0.05) is 0 Å². The third kappa shape index (κ3) is 5.18. The number of esters is 1. The molecule has 1 heterocycles. The van der Waals surface area contributed by atoms with E-state index in [-0.39, 0.29) is 24.9 Å². The molecule has 0 fully saturated rings. The number of nitrogens with one attached hydrogen (secondary N) is 2. The Balaban J connectivity index is 0.00000324. The monoisotopic (exact) mass is 306 g/mol. The van der Waals surface area contributed by atoms with Crippen molar-refractivity contribution in [3.63, 3.8) is 0 Å². The van der Waals surface area contributed by atoms with Crippen molar-refractivity contribution in [2.24, 2.45) is 0 Å². The molecule has 19 heavy (non-hydrogen) atoms. The first kappa shape index (κ1) is 17.9. The lowest BCUT2D eigenvalue weighted by atomic mass is 10.2. The third-order valence-corrected chi connectivity index (χ3v) is 3.40. The van der Waals surface area contributed by atoms with Gasteiger partial charge in [-0.25, -0.2) is 4.79 Å². The van der Waals surface area contributed by atoms with Crippen LogP contribution in [0.15, 0.2) is 5.38 Å². The van der Waals surface area contributed by atoms with Crippen molar-refractivity contribution in [2.75, 3.05) is 25.5 Å². The van der Waals surface area contributed by atoms with Crippen LogP contribution in [-0.4, -0.2) is 32.1 Å². The molecular weight excluding hydrogens is 288 g/mol. The molecule has 1 rings (SSSR count). The van der Waals surface area contributed by atoms with Gasteiger partial charge in [0.25, 0.3) is 0 Å². The first-order valence-corrected chi connectivity index (χ1v) is 6.65. The number of hydrogen-bond donors (Lipinski definition) is 2. The molecule has 1 aromatic rings. The van der Waals surface area contributed by atoms with Crippen LogP contribution in [-0.2, 0) is 9.53 Å². The van der Waals surface area contributed by atoms with Gasteiger partial charge in [-0.2, -0.15) is 0 Å². The number of rotatable bonds is 6. The van der Waals surface area contributed by atoms with Crippen LogP contribution in [0.3, 0.4) is 0 Å². The number of hydrogen-bond acceptors (Lipinski definition) is 5. The van der Waals surface area contributed by atoms with Crippen LogP contribution < -0.4 is 10.6 Å². The molecule has 7 heteroatoms. The average molecular weight is 307 g/mol. The number of anilines is 1. The minimum Gasteiger partial charge on any atom is -0.465 e. The summed E-state index contributed by atoms with van der Waals surface area (Å²) in [5.74, 6) is -0.583. The summed E-state index contributed by atoms with van der Waals surface area (Å²) in [7, 11) is 1.33. The number of halogens is 1. The summed E-state index contributed by atoms with van der Waals surface area (Å²) in [6, 6.07) is 0. The summed E-state index contributed by atoms with van der Waals surface area (Å²) in [6.07, 6.45) is 0.970. The van der Waals surface area contributed by atoms with E-state index in [2.05, 4.69) is 15.4 Å². The second kappa shape index (κ2) is 8.90. The van der Waals surface area contributed by atoms with Crippen LogP contribution in [0.2, 0.25) is 0 Å². The fourth-order valence-corrected chi connectivity index (χ4v) is 2.33. The number of carbonyl (C=O) groups is 2. The van der Waals surface area contributed by atoms with Gasteiger partial charge in [-0.05, 0) is 30.8 Å². The predicted molar refractivity (Wildman–Crippen MR) is 79.4 cm³/mol. The molecule has 5 nitrogen and oxygen atoms in total. The Kier molecular flexibility index (Phi) is 8.38. The molecule has 0 aliphatic rings. The van der Waals surface area contributed by atoms with Gasteiger partial charge < -0.3 is 15.4 Å². The SMILES string of the molecule is CCCNCC(=O)Nc1c(C)csc1C(=O)OC.Cl. The first-order chi connectivity index (χ1) is 8.60. The maximum absolute atomic E-state index is 11.7. The van der Waals surface area contributed by atoms with E-state index >= 15 is 0 Å². The third-order valence-electron chi connectivity index (χ3n) is 2.32. The molecular formula is C12H19ClN2O3S. The van der Waals surface area contributed by atoms with E-state index in [4.69, 9.17) is 0 Å². The van der Waals surface area contributed by atoms with Crippen LogP contribution in [0.5, 0.6) is 0 Å². The number of carbonyl (C=O) groups excluding carboxylic acids is 2. The van der Waals surface area contributed by atoms with Crippen molar-refractivity contribution in [3.05, 3.63) is 15.8 Å². The van der Waals surface area contributed by atoms with Crippen LogP contribution in [0.4, 0.5) is 5.69 Å². The second-order valence-corrected chi connectivity index (χ2v) is 4.72. The summed E-state index contributed by atoms with van der Waals surface area (Å²) in [4.78, 5) is 23.6. The number of amides is 1. The minimum absolute atomic E-state index is 0. The molecule has 0 atom stereocenters. The molecule has 1 aromatic heterocycles. The fraction of sp³-hybridized carbons (Fsp3) is 0.500. The summed E-state index contributed by atoms with van der Waals surface area (Å²) < 4.78 is 4.67. The molecule has 0 aliphatic carbocycles. The highest BCUT2D eigenvalue weighted by Gasteiger charge is 2.18. The van der Waals surface area contributed by atoms with Crippen molar-refractivity contribution in [3.8, 4) is 0 Å². The summed E-state index contributed by atoms with van der Waals surface area (Å²) in [5.41, 5.74) is 1.42. The number of aryl methyl sites for hydroxylation is 1. The smallest absolute Gasteiger partial charge is 0.350 e. The zero-order valence-electron chi connectivity index (χ0n) is 11.2. The van der Waals surface area contributed by atoms with Crippen LogP contribution in [0.25, 0.3) is 0 Å². The lowest BCUT2D eigenvalue weighted by Crippen LogP contribution is -2.29. The lowest BCUT2D eigenvalue weighted by molar-refractivity contribution is -0.115. The highest BCUT2D eigenvalue weighted by molar-refractivity contribution is 7.12. The van der Waals surface area contributed by atoms with E-state index in [1.807, 2.05) is 19.2 Å². The Morgan fingerprint density at radius 3 is 2.68 bits per heavy atom. The standard InChI is InChI=1S/C12H18N2O3S.ClH/c1-4-5-13-6-9(15)14-10-8(2)7-18-11(10)12(16)17-3;/h7,13H,4-6H2,1-3H3,(H,14,15);1H. The zero-order chi connectivity index (χ0) is 13.5. The van der Waals surface area contributed by atoms with E-state index < -0.39 is 5.97 Å². The van der Waals surface area contributed by atoms with E-state index in [9.17, 15) is 9.59 Å². The highest BCUT2D eigenvalue weighted by Crippen LogP contribution is 2.28. The van der Waals surface area contributed by atoms with Gasteiger partial charge in [-0.1, -0.05) is 6.92 Å². The molecule has 0 aliphatic heterocycles. The van der Waals surface area contributed by atoms with Gasteiger partial charge >= 0.3 is 5.97 Å². The molecule has 108 valence electrons. The molecule has 0 unspecified atom stereocenters. The number of ether oxygens (including phenoxy) is 1. The van der Waals surface area contributed by atoms with Crippen LogP contribution in [0.1, 0.15) is 28.6 Å². The topological polar surface area (TPSA) is 67.4 Å². The fourth-order valence-electron chi connectivity index (χ4n) is 1.40. The molecule has 0 spiro atoms. The largest absolute Gasteiger partial charge is 0.465 e. The van der Waals surface area contributed by atoms with Gasteiger partial charge in [-0.15, -0.1) is 23.7 Å². The lowest BCUT2D eigenvalue weighted by Gasteiger charge is -2.07. The Morgan fingerprint density at radius 1 is 1.42 bits per heavy atom. The summed E-state index contributed by atoms with van der Waals surface area (Å²) in [6.45, 7) is 4.91. The highest BCUT2D eigenvalue weighted by atomic mass is 35.5.